The Morgan fingerprint density at radius 3 is 2.24 bits per heavy atom. The van der Waals surface area contributed by atoms with Crippen LogP contribution in [0, 0.1) is 11.8 Å². The van der Waals surface area contributed by atoms with E-state index < -0.39 is 16.6 Å². The Hall–Kier alpha value is -0.856. The van der Waals surface area contributed by atoms with Crippen LogP contribution in [0.15, 0.2) is 47.6 Å². The van der Waals surface area contributed by atoms with Crippen molar-refractivity contribution in [3.05, 3.63) is 47.6 Å². The maximum absolute atomic E-state index is 6.94. The summed E-state index contributed by atoms with van der Waals surface area (Å²) in [6, 6.07) is 0. The molecule has 0 N–H and O–H groups in total. The quantitative estimate of drug-likeness (QED) is 0.124. The van der Waals surface area contributed by atoms with Crippen LogP contribution in [-0.2, 0) is 18.3 Å². The molecule has 0 aromatic carbocycles. The highest BCUT2D eigenvalue weighted by Gasteiger charge is 2.46. The first kappa shape index (κ1) is 32.4. The summed E-state index contributed by atoms with van der Waals surface area (Å²) in [6.45, 7) is 24.0. The summed E-state index contributed by atoms with van der Waals surface area (Å²) in [4.78, 5) is 0. The number of ether oxygens (including phenoxy) is 2. The molecule has 2 aliphatic rings. The molecule has 1 heterocycles. The fourth-order valence-corrected chi connectivity index (χ4v) is 6.12. The van der Waals surface area contributed by atoms with Crippen molar-refractivity contribution < 1.29 is 18.3 Å². The molecule has 4 nitrogen and oxygen atoms in total. The van der Waals surface area contributed by atoms with Crippen LogP contribution in [-0.4, -0.2) is 60.4 Å². The van der Waals surface area contributed by atoms with Crippen LogP contribution < -0.4 is 0 Å². The summed E-state index contributed by atoms with van der Waals surface area (Å²) >= 11 is 1.65. The van der Waals surface area contributed by atoms with E-state index >= 15 is 0 Å². The molecule has 0 saturated carbocycles. The van der Waals surface area contributed by atoms with E-state index in [1.165, 1.54) is 0 Å². The Bertz CT molecular complexity index is 939. The SMILES string of the molecule is CSCOCC#CC1=C/C=C\C=C(C2CC(O[Si](C)(C)C(C)(C)C)C(CO[Si](C)(C)C(C)(C)C)O2)/C=C\1. The van der Waals surface area contributed by atoms with Gasteiger partial charge < -0.3 is 18.3 Å². The third kappa shape index (κ3) is 9.68. The molecule has 3 unspecified atom stereocenters. The molecule has 0 bridgehead atoms. The molecule has 37 heavy (non-hydrogen) atoms. The van der Waals surface area contributed by atoms with Crippen molar-refractivity contribution in [2.24, 2.45) is 0 Å². The predicted octanol–water partition coefficient (Wildman–Crippen LogP) is 7.88. The van der Waals surface area contributed by atoms with E-state index in [4.69, 9.17) is 18.3 Å². The van der Waals surface area contributed by atoms with E-state index in [1.54, 1.807) is 11.8 Å². The lowest BCUT2D eigenvalue weighted by molar-refractivity contribution is -0.00563. The molecule has 0 amide bonds. The highest BCUT2D eigenvalue weighted by Crippen LogP contribution is 2.42. The first-order valence-corrected chi connectivity index (χ1v) is 20.6. The van der Waals surface area contributed by atoms with Gasteiger partial charge in [0, 0.05) is 12.0 Å². The van der Waals surface area contributed by atoms with Crippen molar-refractivity contribution in [2.45, 2.75) is 103 Å². The average Bonchev–Trinajstić information content (AvgIpc) is 3.13. The molecule has 3 atom stereocenters. The molecule has 7 heteroatoms. The Morgan fingerprint density at radius 1 is 0.973 bits per heavy atom. The Labute approximate surface area is 233 Å². The lowest BCUT2D eigenvalue weighted by atomic mass is 10.0. The number of rotatable bonds is 9. The average molecular weight is 563 g/mol. The van der Waals surface area contributed by atoms with Crippen LogP contribution in [0.3, 0.4) is 0 Å². The number of hydrogen-bond acceptors (Lipinski definition) is 5. The minimum absolute atomic E-state index is 0.0165. The molecule has 2 rings (SSSR count). The van der Waals surface area contributed by atoms with Crippen molar-refractivity contribution >= 4 is 28.4 Å². The second-order valence-electron chi connectivity index (χ2n) is 13.0. The largest absolute Gasteiger partial charge is 0.414 e. The van der Waals surface area contributed by atoms with E-state index in [-0.39, 0.29) is 28.4 Å². The Balaban J connectivity index is 2.20. The monoisotopic (exact) mass is 562 g/mol. The number of hydrogen-bond donors (Lipinski definition) is 0. The van der Waals surface area contributed by atoms with Gasteiger partial charge in [0.2, 0.25) is 0 Å². The van der Waals surface area contributed by atoms with Crippen molar-refractivity contribution in [1.82, 2.24) is 0 Å². The summed E-state index contributed by atoms with van der Waals surface area (Å²) in [5.74, 6) is 6.97. The van der Waals surface area contributed by atoms with Crippen LogP contribution in [0.2, 0.25) is 36.3 Å². The van der Waals surface area contributed by atoms with Crippen LogP contribution in [0.1, 0.15) is 48.0 Å². The molecule has 0 radical (unpaired) electrons. The molecular formula is C30H50O4SSi2. The van der Waals surface area contributed by atoms with E-state index in [0.717, 1.165) is 17.6 Å². The molecule has 0 aromatic rings. The van der Waals surface area contributed by atoms with Gasteiger partial charge in [0.1, 0.15) is 12.7 Å². The van der Waals surface area contributed by atoms with Gasteiger partial charge in [0.25, 0.3) is 0 Å². The molecule has 1 aliphatic heterocycles. The van der Waals surface area contributed by atoms with E-state index in [9.17, 15) is 0 Å². The molecule has 1 saturated heterocycles. The molecule has 208 valence electrons. The summed E-state index contributed by atoms with van der Waals surface area (Å²) in [7, 11) is -3.87. The van der Waals surface area contributed by atoms with Gasteiger partial charge in [-0.15, -0.1) is 11.8 Å². The van der Waals surface area contributed by atoms with Gasteiger partial charge in [-0.25, -0.2) is 0 Å². The number of thioether (sulfide) groups is 1. The first-order chi connectivity index (χ1) is 17.1. The maximum atomic E-state index is 6.94. The maximum Gasteiger partial charge on any atom is 0.192 e. The van der Waals surface area contributed by atoms with E-state index in [2.05, 4.69) is 104 Å². The normalized spacial score (nSPS) is 27.7. The van der Waals surface area contributed by atoms with Crippen LogP contribution in [0.25, 0.3) is 0 Å². The van der Waals surface area contributed by atoms with Crippen molar-refractivity contribution in [1.29, 1.82) is 0 Å². The molecule has 0 aromatic heterocycles. The highest BCUT2D eigenvalue weighted by molar-refractivity contribution is 7.98. The highest BCUT2D eigenvalue weighted by atomic mass is 32.2. The second kappa shape index (κ2) is 13.5. The van der Waals surface area contributed by atoms with Crippen molar-refractivity contribution in [3.8, 4) is 11.8 Å². The fourth-order valence-electron chi connectivity index (χ4n) is 3.50. The zero-order valence-electron chi connectivity index (χ0n) is 25.1. The zero-order valence-corrected chi connectivity index (χ0v) is 27.9. The topological polar surface area (TPSA) is 36.9 Å². The van der Waals surface area contributed by atoms with Gasteiger partial charge >= 0.3 is 0 Å². The summed E-state index contributed by atoms with van der Waals surface area (Å²) in [6.07, 6.45) is 15.2. The standard InChI is InChI=1S/C30H50O4SSi2/c1-29(2,3)36(8,9)32-22-28-27(34-37(10,11)30(4,5)6)21-26(33-28)25-17-13-12-15-24(18-19-25)16-14-20-31-23-35-7/h12-13,15,17-19,26-28H,20-23H2,1-11H3/b13-12-,15-12?,17-13?,19-18-,24-15-,24-18?,25-17+,25-19?. The van der Waals surface area contributed by atoms with Crippen LogP contribution in [0.5, 0.6) is 0 Å². The third-order valence-corrected chi connectivity index (χ3v) is 17.4. The van der Waals surface area contributed by atoms with Gasteiger partial charge in [-0.3, -0.25) is 0 Å². The predicted molar refractivity (Wildman–Crippen MR) is 165 cm³/mol. The van der Waals surface area contributed by atoms with Gasteiger partial charge in [0.15, 0.2) is 16.6 Å². The minimum atomic E-state index is -1.97. The molecule has 1 aliphatic carbocycles. The third-order valence-electron chi connectivity index (χ3n) is 7.98. The summed E-state index contributed by atoms with van der Waals surface area (Å²) < 4.78 is 25.7. The smallest absolute Gasteiger partial charge is 0.192 e. The lowest BCUT2D eigenvalue weighted by Crippen LogP contribution is -2.48. The second-order valence-corrected chi connectivity index (χ2v) is 23.3. The zero-order chi connectivity index (χ0) is 27.9. The van der Waals surface area contributed by atoms with Gasteiger partial charge in [-0.05, 0) is 60.2 Å². The summed E-state index contributed by atoms with van der Waals surface area (Å²) in [5, 5.41) is 0.288. The molecular weight excluding hydrogens is 513 g/mol. The van der Waals surface area contributed by atoms with E-state index in [0.29, 0.717) is 19.2 Å². The Morgan fingerprint density at radius 2 is 1.62 bits per heavy atom. The summed E-state index contributed by atoms with van der Waals surface area (Å²) in [5.41, 5.74) is 2.10. The minimum Gasteiger partial charge on any atom is -0.414 e. The van der Waals surface area contributed by atoms with Crippen LogP contribution in [0.4, 0.5) is 0 Å². The van der Waals surface area contributed by atoms with Gasteiger partial charge in [-0.1, -0.05) is 77.7 Å². The Kier molecular flexibility index (Phi) is 11.8. The fraction of sp³-hybridized carbons (Fsp3) is 0.667. The first-order valence-electron chi connectivity index (χ1n) is 13.4. The lowest BCUT2D eigenvalue weighted by Gasteiger charge is -2.40. The van der Waals surface area contributed by atoms with Gasteiger partial charge in [0.05, 0.1) is 24.8 Å². The molecule has 1 fully saturated rings. The van der Waals surface area contributed by atoms with Gasteiger partial charge in [-0.2, -0.15) is 0 Å². The molecule has 0 spiro atoms. The van der Waals surface area contributed by atoms with E-state index in [1.807, 2.05) is 18.4 Å². The van der Waals surface area contributed by atoms with Crippen molar-refractivity contribution in [2.75, 3.05) is 25.4 Å². The van der Waals surface area contributed by atoms with Crippen molar-refractivity contribution in [3.63, 3.8) is 0 Å². The van der Waals surface area contributed by atoms with Crippen LogP contribution >= 0.6 is 11.8 Å². The number of allylic oxidation sites excluding steroid dienone is 6.